The van der Waals surface area contributed by atoms with Crippen LogP contribution in [0.2, 0.25) is 0 Å². The number of amides is 2. The maximum Gasteiger partial charge on any atom is 0.279 e. The highest BCUT2D eigenvalue weighted by Crippen LogP contribution is 2.16. The molecular formula is C21H21FN4O3. The van der Waals surface area contributed by atoms with Crippen LogP contribution >= 0.6 is 0 Å². The topological polar surface area (TPSA) is 85.2 Å². The minimum atomic E-state index is -0.890. The summed E-state index contributed by atoms with van der Waals surface area (Å²) in [5.74, 6) is -1.08. The van der Waals surface area contributed by atoms with Crippen molar-refractivity contribution in [2.24, 2.45) is 0 Å². The lowest BCUT2D eigenvalue weighted by atomic mass is 10.2. The average molecular weight is 396 g/mol. The Morgan fingerprint density at radius 2 is 1.79 bits per heavy atom. The lowest BCUT2D eigenvalue weighted by Gasteiger charge is -2.15. The van der Waals surface area contributed by atoms with Gasteiger partial charge in [-0.2, -0.15) is 5.10 Å². The molecule has 150 valence electrons. The van der Waals surface area contributed by atoms with E-state index in [1.54, 1.807) is 4.68 Å². The molecule has 2 N–H and O–H groups in total. The SMILES string of the molecule is CCc1c(C(=O)NNC(=O)C(C)Oc2ccc(F)cc2)cnn1-c1ccccc1. The van der Waals surface area contributed by atoms with Crippen molar-refractivity contribution in [3.8, 4) is 11.4 Å². The number of hydrogen-bond donors (Lipinski definition) is 2. The van der Waals surface area contributed by atoms with Gasteiger partial charge in [0, 0.05) is 0 Å². The first kappa shape index (κ1) is 20.1. The van der Waals surface area contributed by atoms with Gasteiger partial charge in [0.15, 0.2) is 6.10 Å². The Bertz CT molecular complexity index is 987. The van der Waals surface area contributed by atoms with E-state index in [0.29, 0.717) is 17.7 Å². The number of ether oxygens (including phenoxy) is 1. The van der Waals surface area contributed by atoms with E-state index in [-0.39, 0.29) is 0 Å². The molecule has 0 aliphatic rings. The Balaban J connectivity index is 1.62. The zero-order chi connectivity index (χ0) is 20.8. The number of benzene rings is 2. The summed E-state index contributed by atoms with van der Waals surface area (Å²) in [6.45, 7) is 3.44. The summed E-state index contributed by atoms with van der Waals surface area (Å²) in [5.41, 5.74) is 6.65. The third kappa shape index (κ3) is 4.78. The summed E-state index contributed by atoms with van der Waals surface area (Å²) < 4.78 is 20.1. The molecule has 2 aromatic carbocycles. The molecule has 0 aliphatic carbocycles. The van der Waals surface area contributed by atoms with Crippen LogP contribution < -0.4 is 15.6 Å². The van der Waals surface area contributed by atoms with Crippen molar-refractivity contribution < 1.29 is 18.7 Å². The van der Waals surface area contributed by atoms with E-state index in [4.69, 9.17) is 4.74 Å². The Labute approximate surface area is 167 Å². The number of nitrogens with zero attached hydrogens (tertiary/aromatic N) is 2. The number of rotatable bonds is 6. The molecule has 0 fully saturated rings. The molecule has 7 nitrogen and oxygen atoms in total. The molecule has 1 atom stereocenters. The number of para-hydroxylation sites is 1. The van der Waals surface area contributed by atoms with Crippen molar-refractivity contribution >= 4 is 11.8 Å². The van der Waals surface area contributed by atoms with Crippen molar-refractivity contribution in [1.29, 1.82) is 0 Å². The molecule has 0 bridgehead atoms. The molecule has 3 aromatic rings. The van der Waals surface area contributed by atoms with Gasteiger partial charge in [-0.15, -0.1) is 0 Å². The van der Waals surface area contributed by atoms with E-state index >= 15 is 0 Å². The standard InChI is InChI=1S/C21H21FN4O3/c1-3-19-18(13-23-26(19)16-7-5-4-6-8-16)21(28)25-24-20(27)14(2)29-17-11-9-15(22)10-12-17/h4-14H,3H2,1-2H3,(H,24,27)(H,25,28). The second-order valence-electron chi connectivity index (χ2n) is 6.26. The zero-order valence-corrected chi connectivity index (χ0v) is 16.1. The zero-order valence-electron chi connectivity index (χ0n) is 16.1. The molecule has 1 heterocycles. The summed E-state index contributed by atoms with van der Waals surface area (Å²) in [6, 6.07) is 14.8. The molecule has 29 heavy (non-hydrogen) atoms. The van der Waals surface area contributed by atoms with E-state index in [0.717, 1.165) is 11.4 Å². The average Bonchev–Trinajstić information content (AvgIpc) is 3.18. The number of nitrogens with one attached hydrogen (secondary N) is 2. The van der Waals surface area contributed by atoms with Crippen LogP contribution in [0.5, 0.6) is 5.75 Å². The minimum Gasteiger partial charge on any atom is -0.481 e. The first-order valence-electron chi connectivity index (χ1n) is 9.14. The van der Waals surface area contributed by atoms with Gasteiger partial charge in [0.1, 0.15) is 11.6 Å². The Kier molecular flexibility index (Phi) is 6.23. The summed E-state index contributed by atoms with van der Waals surface area (Å²) in [5, 5.41) is 4.29. The van der Waals surface area contributed by atoms with Crippen LogP contribution in [0.15, 0.2) is 60.8 Å². The second-order valence-corrected chi connectivity index (χ2v) is 6.26. The highest BCUT2D eigenvalue weighted by molar-refractivity contribution is 5.96. The third-order valence-electron chi connectivity index (χ3n) is 4.24. The van der Waals surface area contributed by atoms with E-state index in [2.05, 4.69) is 16.0 Å². The normalized spacial score (nSPS) is 11.6. The number of hydrogen-bond acceptors (Lipinski definition) is 4. The molecular weight excluding hydrogens is 375 g/mol. The molecule has 1 aromatic heterocycles. The fourth-order valence-corrected chi connectivity index (χ4v) is 2.75. The van der Waals surface area contributed by atoms with Crippen molar-refractivity contribution in [2.45, 2.75) is 26.4 Å². The molecule has 0 saturated carbocycles. The Morgan fingerprint density at radius 3 is 2.45 bits per heavy atom. The van der Waals surface area contributed by atoms with E-state index in [1.165, 1.54) is 37.4 Å². The summed E-state index contributed by atoms with van der Waals surface area (Å²) >= 11 is 0. The largest absolute Gasteiger partial charge is 0.481 e. The number of aromatic nitrogens is 2. The van der Waals surface area contributed by atoms with Gasteiger partial charge in [-0.1, -0.05) is 25.1 Å². The number of hydrazine groups is 1. The first-order chi connectivity index (χ1) is 14.0. The Hall–Kier alpha value is -3.68. The summed E-state index contributed by atoms with van der Waals surface area (Å²) in [6.07, 6.45) is 1.15. The minimum absolute atomic E-state index is 0.345. The monoisotopic (exact) mass is 396 g/mol. The smallest absolute Gasteiger partial charge is 0.279 e. The summed E-state index contributed by atoms with van der Waals surface area (Å²) in [7, 11) is 0. The molecule has 0 aliphatic heterocycles. The van der Waals surface area contributed by atoms with Crippen LogP contribution in [-0.4, -0.2) is 27.7 Å². The third-order valence-corrected chi connectivity index (χ3v) is 4.24. The van der Waals surface area contributed by atoms with Crippen molar-refractivity contribution in [2.75, 3.05) is 0 Å². The van der Waals surface area contributed by atoms with Crippen LogP contribution in [0.25, 0.3) is 5.69 Å². The molecule has 0 spiro atoms. The predicted molar refractivity (Wildman–Crippen MR) is 105 cm³/mol. The molecule has 0 saturated heterocycles. The maximum absolute atomic E-state index is 12.9. The molecule has 2 amide bonds. The highest BCUT2D eigenvalue weighted by atomic mass is 19.1. The maximum atomic E-state index is 12.9. The fourth-order valence-electron chi connectivity index (χ4n) is 2.75. The van der Waals surface area contributed by atoms with E-state index in [9.17, 15) is 14.0 Å². The van der Waals surface area contributed by atoms with Gasteiger partial charge in [-0.05, 0) is 49.7 Å². The Morgan fingerprint density at radius 1 is 1.10 bits per heavy atom. The van der Waals surface area contributed by atoms with Gasteiger partial charge >= 0.3 is 0 Å². The van der Waals surface area contributed by atoms with Gasteiger partial charge in [0.05, 0.1) is 23.1 Å². The van der Waals surface area contributed by atoms with Crippen LogP contribution in [-0.2, 0) is 11.2 Å². The van der Waals surface area contributed by atoms with Crippen molar-refractivity contribution in [3.05, 3.63) is 77.9 Å². The van der Waals surface area contributed by atoms with E-state index < -0.39 is 23.7 Å². The second kappa shape index (κ2) is 9.01. The number of carbonyl (C=O) groups excluding carboxylic acids is 2. The molecule has 8 heteroatoms. The van der Waals surface area contributed by atoms with Crippen LogP contribution in [0, 0.1) is 5.82 Å². The molecule has 1 unspecified atom stereocenters. The fraction of sp³-hybridized carbons (Fsp3) is 0.190. The molecule has 3 rings (SSSR count). The van der Waals surface area contributed by atoms with E-state index in [1.807, 2.05) is 37.3 Å². The number of halogens is 1. The van der Waals surface area contributed by atoms with Crippen molar-refractivity contribution in [1.82, 2.24) is 20.6 Å². The first-order valence-corrected chi connectivity index (χ1v) is 9.14. The van der Waals surface area contributed by atoms with Gasteiger partial charge < -0.3 is 4.74 Å². The quantitative estimate of drug-likeness (QED) is 0.628. The van der Waals surface area contributed by atoms with Gasteiger partial charge in [-0.3, -0.25) is 20.4 Å². The highest BCUT2D eigenvalue weighted by Gasteiger charge is 2.20. The van der Waals surface area contributed by atoms with Crippen LogP contribution in [0.3, 0.4) is 0 Å². The molecule has 0 radical (unpaired) electrons. The lowest BCUT2D eigenvalue weighted by molar-refractivity contribution is -0.128. The predicted octanol–water partition coefficient (Wildman–Crippen LogP) is 2.80. The lowest BCUT2D eigenvalue weighted by Crippen LogP contribution is -2.47. The van der Waals surface area contributed by atoms with Crippen LogP contribution in [0.4, 0.5) is 4.39 Å². The van der Waals surface area contributed by atoms with Gasteiger partial charge in [-0.25, -0.2) is 9.07 Å². The van der Waals surface area contributed by atoms with Gasteiger partial charge in [0.2, 0.25) is 0 Å². The van der Waals surface area contributed by atoms with Crippen molar-refractivity contribution in [3.63, 3.8) is 0 Å². The van der Waals surface area contributed by atoms with Gasteiger partial charge in [0.25, 0.3) is 11.8 Å². The summed E-state index contributed by atoms with van der Waals surface area (Å²) in [4.78, 5) is 24.7. The number of carbonyl (C=O) groups is 2. The van der Waals surface area contributed by atoms with Crippen LogP contribution in [0.1, 0.15) is 29.9 Å².